The van der Waals surface area contributed by atoms with Crippen molar-refractivity contribution in [3.63, 3.8) is 0 Å². The van der Waals surface area contributed by atoms with Gasteiger partial charge in [0.2, 0.25) is 5.79 Å². The average Bonchev–Trinajstić information content (AvgIpc) is 3.01. The lowest BCUT2D eigenvalue weighted by atomic mass is 10.0. The van der Waals surface area contributed by atoms with E-state index >= 15 is 4.39 Å². The number of alkyl halides is 1. The first-order valence-corrected chi connectivity index (χ1v) is 10.4. The van der Waals surface area contributed by atoms with Crippen molar-refractivity contribution >= 4 is 17.9 Å². The number of hydrogen-bond acceptors (Lipinski definition) is 11. The van der Waals surface area contributed by atoms with Crippen LogP contribution in [0, 0.1) is 5.92 Å². The van der Waals surface area contributed by atoms with Crippen molar-refractivity contribution in [1.82, 2.24) is 14.9 Å². The van der Waals surface area contributed by atoms with Crippen molar-refractivity contribution in [2.75, 3.05) is 12.3 Å². The van der Waals surface area contributed by atoms with E-state index in [0.717, 1.165) is 6.20 Å². The lowest BCUT2D eigenvalue weighted by molar-refractivity contribution is -0.412. The van der Waals surface area contributed by atoms with Gasteiger partial charge >= 0.3 is 17.8 Å². The number of hydrogen-bond donors (Lipinski definition) is 3. The highest BCUT2D eigenvalue weighted by Crippen LogP contribution is 2.41. The van der Waals surface area contributed by atoms with E-state index in [-0.39, 0.29) is 5.82 Å². The normalized spacial score (nSPS) is 25.0. The molecule has 1 amide bonds. The van der Waals surface area contributed by atoms with Gasteiger partial charge in [-0.2, -0.15) is 9.87 Å². The molecule has 1 aromatic rings. The Morgan fingerprint density at radius 2 is 2.14 bits per heavy atom. The number of anilines is 1. The van der Waals surface area contributed by atoms with E-state index in [1.165, 1.54) is 6.07 Å². The van der Waals surface area contributed by atoms with Crippen LogP contribution >= 0.6 is 0 Å². The Morgan fingerprint density at radius 1 is 1.49 bits per heavy atom. The number of ether oxygens (including phenoxy) is 3. The van der Waals surface area contributed by atoms with E-state index in [0.29, 0.717) is 4.57 Å². The molecule has 0 radical (unpaired) electrons. The highest BCUT2D eigenvalue weighted by Gasteiger charge is 2.61. The molecule has 1 saturated heterocycles. The molecule has 1 aliphatic rings. The molecule has 0 aromatic carbocycles. The number of carbonyl (C=O) groups is 2. The summed E-state index contributed by atoms with van der Waals surface area (Å²) in [7, 11) is 0. The third-order valence-corrected chi connectivity index (χ3v) is 4.79. The highest BCUT2D eigenvalue weighted by molar-refractivity contribution is 5.82. The summed E-state index contributed by atoms with van der Waals surface area (Å²) >= 11 is 0. The minimum absolute atomic E-state index is 0.144. The van der Waals surface area contributed by atoms with Gasteiger partial charge in [-0.05, 0) is 38.3 Å². The fourth-order valence-electron chi connectivity index (χ4n) is 3.20. The molecule has 2 rings (SSSR count). The number of azide groups is 1. The highest BCUT2D eigenvalue weighted by atomic mass is 19.1. The van der Waals surface area contributed by atoms with Crippen molar-refractivity contribution in [3.05, 3.63) is 33.2 Å². The molecule has 35 heavy (non-hydrogen) atoms. The molecule has 1 aliphatic heterocycles. The van der Waals surface area contributed by atoms with Crippen LogP contribution in [0.5, 0.6) is 0 Å². The third-order valence-electron chi connectivity index (χ3n) is 4.79. The smallest absolute Gasteiger partial charge is 0.408 e. The third kappa shape index (κ3) is 6.57. The molecule has 194 valence electrons. The van der Waals surface area contributed by atoms with Gasteiger partial charge in [-0.15, -0.1) is 0 Å². The number of halogens is 1. The molecule has 0 spiro atoms. The van der Waals surface area contributed by atoms with Crippen molar-refractivity contribution in [3.8, 4) is 0 Å². The Labute approximate surface area is 198 Å². The van der Waals surface area contributed by atoms with Crippen LogP contribution in [0.2, 0.25) is 0 Å². The molecule has 5 atom stereocenters. The number of esters is 1. The first-order valence-electron chi connectivity index (χ1n) is 10.4. The Morgan fingerprint density at radius 3 is 2.66 bits per heavy atom. The Bertz CT molecular complexity index is 1040. The molecule has 0 unspecified atom stereocenters. The number of aromatic nitrogens is 2. The number of alkyl carbamates (subject to hydrolysis) is 1. The standard InChI is InChI=1S/C19H28FN7O8/c1-9(2)12(25-17(30)34-18(3,4)5)15(28)32-13-11(20)14(27-7-6-10(21)24-16(27)29)33-19(13,35-31)8-23-26-22/h6-7,9,11-14,31H,8H2,1-5H3,(H,25,30)(H2,21,24,29)/t11-,12+,13+,14-,19-/m1/s1. The summed E-state index contributed by atoms with van der Waals surface area (Å²) in [6.07, 6.45) is -6.03. The second kappa shape index (κ2) is 10.9. The summed E-state index contributed by atoms with van der Waals surface area (Å²) in [4.78, 5) is 47.7. The van der Waals surface area contributed by atoms with Crippen LogP contribution in [0.25, 0.3) is 10.4 Å². The number of nitrogens with one attached hydrogen (secondary N) is 1. The van der Waals surface area contributed by atoms with Crippen LogP contribution in [0.1, 0.15) is 40.8 Å². The zero-order chi connectivity index (χ0) is 26.6. The monoisotopic (exact) mass is 501 g/mol. The van der Waals surface area contributed by atoms with Crippen LogP contribution in [-0.4, -0.2) is 63.1 Å². The van der Waals surface area contributed by atoms with E-state index in [1.54, 1.807) is 34.6 Å². The maximum atomic E-state index is 15.6. The summed E-state index contributed by atoms with van der Waals surface area (Å²) < 4.78 is 32.1. The largest absolute Gasteiger partial charge is 0.452 e. The molecular formula is C19H28FN7O8. The van der Waals surface area contributed by atoms with E-state index in [1.807, 2.05) is 0 Å². The first-order chi connectivity index (χ1) is 16.2. The summed E-state index contributed by atoms with van der Waals surface area (Å²) in [5.74, 6) is -4.35. The molecule has 4 N–H and O–H groups in total. The van der Waals surface area contributed by atoms with Gasteiger partial charge in [0.05, 0.1) is 6.54 Å². The maximum Gasteiger partial charge on any atom is 0.408 e. The molecule has 2 heterocycles. The molecule has 16 heteroatoms. The number of amides is 1. The second-order valence-electron chi connectivity index (χ2n) is 9.01. The molecule has 0 saturated carbocycles. The van der Waals surface area contributed by atoms with Gasteiger partial charge in [-0.25, -0.2) is 24.0 Å². The summed E-state index contributed by atoms with van der Waals surface area (Å²) in [5, 5.41) is 15.1. The molecule has 1 aromatic heterocycles. The molecule has 0 aliphatic carbocycles. The van der Waals surface area contributed by atoms with Crippen molar-refractivity contribution < 1.29 is 38.3 Å². The van der Waals surface area contributed by atoms with Crippen molar-refractivity contribution in [2.24, 2.45) is 11.0 Å². The van der Waals surface area contributed by atoms with E-state index < -0.39 is 66.1 Å². The second-order valence-corrected chi connectivity index (χ2v) is 9.01. The zero-order valence-electron chi connectivity index (χ0n) is 19.7. The van der Waals surface area contributed by atoms with Crippen LogP contribution in [0.4, 0.5) is 15.0 Å². The van der Waals surface area contributed by atoms with Gasteiger partial charge < -0.3 is 25.3 Å². The fourth-order valence-corrected chi connectivity index (χ4v) is 3.20. The van der Waals surface area contributed by atoms with Gasteiger partial charge in [-0.3, -0.25) is 4.57 Å². The van der Waals surface area contributed by atoms with E-state index in [2.05, 4.69) is 25.2 Å². The number of carbonyl (C=O) groups excluding carboxylic acids is 2. The van der Waals surface area contributed by atoms with E-state index in [9.17, 15) is 19.6 Å². The SMILES string of the molecule is CC(C)[C@H](NC(=O)OC(C)(C)C)C(=O)O[C@H]1[C@@H](F)[C@H](n2ccc(N)nc2=O)O[C@]1(CN=[N+]=[N-])OO. The number of nitrogen functional groups attached to an aromatic ring is 1. The summed E-state index contributed by atoms with van der Waals surface area (Å²) in [6, 6.07) is -0.126. The first kappa shape index (κ1) is 27.8. The van der Waals surface area contributed by atoms with Gasteiger partial charge in [-0.1, -0.05) is 19.0 Å². The van der Waals surface area contributed by atoms with Crippen LogP contribution in [0.3, 0.4) is 0 Å². The van der Waals surface area contributed by atoms with Gasteiger partial charge in [0.1, 0.15) is 17.5 Å². The minimum atomic E-state index is -2.53. The summed E-state index contributed by atoms with van der Waals surface area (Å²) in [5.41, 5.74) is 12.3. The van der Waals surface area contributed by atoms with Gasteiger partial charge in [0.25, 0.3) is 0 Å². The fraction of sp³-hybridized carbons (Fsp3) is 0.684. The average molecular weight is 501 g/mol. The maximum absolute atomic E-state index is 15.6. The van der Waals surface area contributed by atoms with Gasteiger partial charge in [0, 0.05) is 11.1 Å². The minimum Gasteiger partial charge on any atom is -0.452 e. The molecular weight excluding hydrogens is 473 g/mol. The van der Waals surface area contributed by atoms with Crippen molar-refractivity contribution in [1.29, 1.82) is 0 Å². The number of nitrogens with two attached hydrogens (primary N) is 1. The predicted molar refractivity (Wildman–Crippen MR) is 116 cm³/mol. The molecule has 0 bridgehead atoms. The van der Waals surface area contributed by atoms with Gasteiger partial charge in [0.15, 0.2) is 18.5 Å². The quantitative estimate of drug-likeness (QED) is 0.117. The molecule has 1 fully saturated rings. The Kier molecular flexibility index (Phi) is 8.62. The topological polar surface area (TPSA) is 213 Å². The van der Waals surface area contributed by atoms with Crippen LogP contribution < -0.4 is 16.7 Å². The Hall–Kier alpha value is -3.46. The number of rotatable bonds is 8. The lowest BCUT2D eigenvalue weighted by Crippen LogP contribution is -2.53. The number of nitrogens with zero attached hydrogens (tertiary/aromatic N) is 5. The Balaban J connectivity index is 2.38. The predicted octanol–water partition coefficient (Wildman–Crippen LogP) is 1.65. The summed E-state index contributed by atoms with van der Waals surface area (Å²) in [6.45, 7) is 7.18. The van der Waals surface area contributed by atoms with E-state index in [4.69, 9.17) is 25.5 Å². The molecule has 15 nitrogen and oxygen atoms in total. The zero-order valence-corrected chi connectivity index (χ0v) is 19.7. The lowest BCUT2D eigenvalue weighted by Gasteiger charge is -2.31. The van der Waals surface area contributed by atoms with Crippen LogP contribution in [0.15, 0.2) is 22.2 Å². The van der Waals surface area contributed by atoms with Crippen LogP contribution in [-0.2, 0) is 23.9 Å². The van der Waals surface area contributed by atoms with Crippen molar-refractivity contribution in [2.45, 2.75) is 70.6 Å².